The van der Waals surface area contributed by atoms with Crippen LogP contribution in [0.1, 0.15) is 0 Å². The summed E-state index contributed by atoms with van der Waals surface area (Å²) in [6, 6.07) is -1.52. The smallest absolute Gasteiger partial charge is 0.312 e. The van der Waals surface area contributed by atoms with Crippen LogP contribution in [0.2, 0.25) is 0 Å². The number of likely N-dealkylation sites (N-methyl/N-ethyl adjacent to an activating group) is 2. The van der Waals surface area contributed by atoms with E-state index >= 15 is 0 Å². The van der Waals surface area contributed by atoms with Crippen molar-refractivity contribution in [3.8, 4) is 0 Å². The lowest BCUT2D eigenvalue weighted by Gasteiger charge is -2.38. The van der Waals surface area contributed by atoms with Crippen molar-refractivity contribution in [2.24, 2.45) is 10.2 Å². The number of imide groups is 1. The van der Waals surface area contributed by atoms with Crippen LogP contribution in [0.15, 0.2) is 10.2 Å². The number of carbonyl (C=O) groups excluding carboxylic acids is 2. The maximum absolute atomic E-state index is 11.8. The molecule has 0 spiro atoms. The van der Waals surface area contributed by atoms with Crippen molar-refractivity contribution in [2.75, 3.05) is 20.6 Å². The number of azo groups is 1. The summed E-state index contributed by atoms with van der Waals surface area (Å²) in [6.07, 6.45) is 0. The average molecular weight is 227 g/mol. The minimum Gasteiger partial charge on any atom is -0.312 e. The van der Waals surface area contributed by atoms with E-state index in [1.807, 2.05) is 0 Å². The highest BCUT2D eigenvalue weighted by Gasteiger charge is 2.68. The van der Waals surface area contributed by atoms with Gasteiger partial charge in [-0.2, -0.15) is 5.11 Å². The third-order valence-electron chi connectivity index (χ3n) is 2.90. The molecule has 2 aliphatic heterocycles. The number of urea groups is 1. The Bertz CT molecular complexity index is 421. The third-order valence-corrected chi connectivity index (χ3v) is 2.90. The fraction of sp³-hybridized carbons (Fsp3) is 0.714. The van der Waals surface area contributed by atoms with Gasteiger partial charge in [0.1, 0.15) is 0 Å². The van der Waals surface area contributed by atoms with Gasteiger partial charge in [0.15, 0.2) is 6.04 Å². The highest BCUT2D eigenvalue weighted by atomic mass is 16.6. The molecule has 0 aromatic carbocycles. The standard InChI is InChI=1S/C7H9N5O4/c1-10-4-3-8-9-7(4,12(15)16)5(13)11(2)6(10)14/h4H,3H2,1-2H3. The summed E-state index contributed by atoms with van der Waals surface area (Å²) in [5.74, 6) is -0.938. The fourth-order valence-electron chi connectivity index (χ4n) is 1.94. The van der Waals surface area contributed by atoms with E-state index in [-0.39, 0.29) is 6.54 Å². The van der Waals surface area contributed by atoms with Gasteiger partial charge in [0, 0.05) is 14.1 Å². The SMILES string of the molecule is CN1C(=O)N(C)C2CN=NC2([N+](=O)[O-])C1=O. The fourth-order valence-corrected chi connectivity index (χ4v) is 1.94. The quantitative estimate of drug-likeness (QED) is 0.436. The number of rotatable bonds is 1. The molecule has 9 heteroatoms. The first-order valence-electron chi connectivity index (χ1n) is 4.51. The predicted octanol–water partition coefficient (Wildman–Crippen LogP) is -0.682. The van der Waals surface area contributed by atoms with E-state index in [1.165, 1.54) is 14.1 Å². The van der Waals surface area contributed by atoms with Crippen LogP contribution in [-0.4, -0.2) is 59.0 Å². The molecule has 0 aromatic rings. The van der Waals surface area contributed by atoms with E-state index in [9.17, 15) is 19.7 Å². The molecule has 1 saturated heterocycles. The molecule has 9 nitrogen and oxygen atoms in total. The highest BCUT2D eigenvalue weighted by molar-refractivity contribution is 6.01. The van der Waals surface area contributed by atoms with E-state index in [4.69, 9.17) is 0 Å². The molecule has 86 valence electrons. The topological polar surface area (TPSA) is 108 Å². The first-order valence-corrected chi connectivity index (χ1v) is 4.51. The Kier molecular flexibility index (Phi) is 1.94. The normalized spacial score (nSPS) is 33.2. The Morgan fingerprint density at radius 2 is 2.12 bits per heavy atom. The summed E-state index contributed by atoms with van der Waals surface area (Å²) in [4.78, 5) is 35.5. The Balaban J connectivity index is 2.55. The minimum atomic E-state index is -2.16. The van der Waals surface area contributed by atoms with Gasteiger partial charge < -0.3 is 4.90 Å². The summed E-state index contributed by atoms with van der Waals surface area (Å²) in [5, 5.41) is 18.0. The van der Waals surface area contributed by atoms with Crippen LogP contribution in [0, 0.1) is 10.1 Å². The molecule has 0 bridgehead atoms. The average Bonchev–Trinajstić information content (AvgIpc) is 2.69. The monoisotopic (exact) mass is 227 g/mol. The molecule has 3 amide bonds. The second-order valence-corrected chi connectivity index (χ2v) is 3.68. The van der Waals surface area contributed by atoms with Gasteiger partial charge in [0.05, 0.1) is 11.5 Å². The van der Waals surface area contributed by atoms with Crippen LogP contribution in [0.3, 0.4) is 0 Å². The zero-order valence-electron chi connectivity index (χ0n) is 8.65. The number of amides is 3. The van der Waals surface area contributed by atoms with Gasteiger partial charge in [-0.05, 0) is 0 Å². The second kappa shape index (κ2) is 2.97. The van der Waals surface area contributed by atoms with Gasteiger partial charge in [-0.25, -0.2) is 4.79 Å². The Morgan fingerprint density at radius 3 is 2.69 bits per heavy atom. The molecule has 0 saturated carbocycles. The second-order valence-electron chi connectivity index (χ2n) is 3.68. The van der Waals surface area contributed by atoms with E-state index < -0.39 is 28.6 Å². The van der Waals surface area contributed by atoms with Crippen LogP contribution < -0.4 is 0 Å². The van der Waals surface area contributed by atoms with Crippen molar-refractivity contribution in [3.63, 3.8) is 0 Å². The van der Waals surface area contributed by atoms with E-state index in [0.717, 1.165) is 4.90 Å². The number of nitrogens with zero attached hydrogens (tertiary/aromatic N) is 5. The maximum atomic E-state index is 11.8. The van der Waals surface area contributed by atoms with Crippen molar-refractivity contribution in [3.05, 3.63) is 10.1 Å². The van der Waals surface area contributed by atoms with Crippen LogP contribution >= 0.6 is 0 Å². The van der Waals surface area contributed by atoms with Gasteiger partial charge in [-0.15, -0.1) is 5.11 Å². The van der Waals surface area contributed by atoms with Gasteiger partial charge in [0.25, 0.3) is 0 Å². The first-order chi connectivity index (χ1) is 7.43. The molecule has 0 aromatic heterocycles. The Hall–Kier alpha value is -2.06. The molecule has 2 rings (SSSR count). The van der Waals surface area contributed by atoms with Gasteiger partial charge in [0.2, 0.25) is 0 Å². The summed E-state index contributed by atoms with van der Waals surface area (Å²) in [5.41, 5.74) is -2.16. The lowest BCUT2D eigenvalue weighted by Crippen LogP contribution is -2.70. The van der Waals surface area contributed by atoms with Crippen molar-refractivity contribution in [1.29, 1.82) is 0 Å². The molecule has 2 atom stereocenters. The molecule has 2 unspecified atom stereocenters. The van der Waals surface area contributed by atoms with Crippen molar-refractivity contribution in [2.45, 2.75) is 11.7 Å². The summed E-state index contributed by atoms with van der Waals surface area (Å²) >= 11 is 0. The van der Waals surface area contributed by atoms with E-state index in [1.54, 1.807) is 0 Å². The number of nitro groups is 1. The lowest BCUT2D eigenvalue weighted by atomic mass is 9.97. The highest BCUT2D eigenvalue weighted by Crippen LogP contribution is 2.33. The van der Waals surface area contributed by atoms with E-state index in [0.29, 0.717) is 4.90 Å². The van der Waals surface area contributed by atoms with Gasteiger partial charge in [-0.1, -0.05) is 0 Å². The molecule has 1 fully saturated rings. The number of hydrogen-bond acceptors (Lipinski definition) is 6. The van der Waals surface area contributed by atoms with Gasteiger partial charge in [-0.3, -0.25) is 19.8 Å². The number of carbonyl (C=O) groups is 2. The lowest BCUT2D eigenvalue weighted by molar-refractivity contribution is -0.558. The first kappa shape index (κ1) is 10.5. The van der Waals surface area contributed by atoms with Crippen LogP contribution in [0.25, 0.3) is 0 Å². The van der Waals surface area contributed by atoms with Crippen LogP contribution in [0.4, 0.5) is 4.79 Å². The van der Waals surface area contributed by atoms with Gasteiger partial charge >= 0.3 is 17.6 Å². The molecule has 2 aliphatic rings. The van der Waals surface area contributed by atoms with Crippen molar-refractivity contribution >= 4 is 11.9 Å². The molecular weight excluding hydrogens is 218 g/mol. The molecule has 2 heterocycles. The summed E-state index contributed by atoms with van der Waals surface area (Å²) in [6.45, 7) is -0.0250. The molecule has 0 aliphatic carbocycles. The zero-order valence-corrected chi connectivity index (χ0v) is 8.65. The predicted molar refractivity (Wildman–Crippen MR) is 49.2 cm³/mol. The third kappa shape index (κ3) is 0.942. The molecule has 0 radical (unpaired) electrons. The Labute approximate surface area is 89.9 Å². The Morgan fingerprint density at radius 1 is 1.50 bits per heavy atom. The van der Waals surface area contributed by atoms with Crippen molar-refractivity contribution in [1.82, 2.24) is 9.80 Å². The van der Waals surface area contributed by atoms with E-state index in [2.05, 4.69) is 10.2 Å². The molecule has 0 N–H and O–H groups in total. The minimum absolute atomic E-state index is 0.0250. The maximum Gasteiger partial charge on any atom is 0.429 e. The van der Waals surface area contributed by atoms with Crippen LogP contribution in [-0.2, 0) is 4.79 Å². The summed E-state index contributed by atoms with van der Waals surface area (Å²) < 4.78 is 0. The largest absolute Gasteiger partial charge is 0.429 e. The summed E-state index contributed by atoms with van der Waals surface area (Å²) in [7, 11) is 2.58. The number of hydrogen-bond donors (Lipinski definition) is 0. The zero-order chi connectivity index (χ0) is 12.1. The molecular formula is C7H9N5O4. The molecule has 16 heavy (non-hydrogen) atoms. The van der Waals surface area contributed by atoms with Crippen molar-refractivity contribution < 1.29 is 14.5 Å². The van der Waals surface area contributed by atoms with Crippen LogP contribution in [0.5, 0.6) is 0 Å². The number of fused-ring (bicyclic) bond motifs is 1.